The topological polar surface area (TPSA) is 30.5 Å². The summed E-state index contributed by atoms with van der Waals surface area (Å²) in [6, 6.07) is 8.57. The number of nitrogens with one attached hydrogen (secondary N) is 1. The van der Waals surface area contributed by atoms with Gasteiger partial charge in [0.1, 0.15) is 0 Å². The summed E-state index contributed by atoms with van der Waals surface area (Å²) in [5.41, 5.74) is 1.17. The van der Waals surface area contributed by atoms with Gasteiger partial charge in [0.25, 0.3) is 0 Å². The Morgan fingerprint density at radius 2 is 2.16 bits per heavy atom. The molecule has 19 heavy (non-hydrogen) atoms. The number of fused-ring (bicyclic) bond motifs is 1. The summed E-state index contributed by atoms with van der Waals surface area (Å²) < 4.78 is 11.8. The molecule has 2 heterocycles. The van der Waals surface area contributed by atoms with E-state index in [-0.39, 0.29) is 0 Å². The summed E-state index contributed by atoms with van der Waals surface area (Å²) in [7, 11) is 0. The van der Waals surface area contributed by atoms with Crippen LogP contribution < -0.4 is 14.8 Å². The first-order chi connectivity index (χ1) is 9.24. The molecule has 1 aromatic heterocycles. The van der Waals surface area contributed by atoms with Crippen LogP contribution in [0.4, 0.5) is 0 Å². The first kappa shape index (κ1) is 13.0. The molecule has 1 N–H and O–H groups in total. The number of benzene rings is 1. The molecule has 0 radical (unpaired) electrons. The summed E-state index contributed by atoms with van der Waals surface area (Å²) in [6.07, 6.45) is 0. The Bertz CT molecular complexity index is 571. The van der Waals surface area contributed by atoms with E-state index in [1.54, 1.807) is 11.3 Å². The van der Waals surface area contributed by atoms with Crippen molar-refractivity contribution >= 4 is 27.3 Å². The van der Waals surface area contributed by atoms with Gasteiger partial charge in [-0.1, -0.05) is 22.0 Å². The molecule has 0 spiro atoms. The molecule has 0 amide bonds. The van der Waals surface area contributed by atoms with Crippen molar-refractivity contribution in [2.24, 2.45) is 0 Å². The maximum Gasteiger partial charge on any atom is 0.231 e. The zero-order valence-corrected chi connectivity index (χ0v) is 12.9. The van der Waals surface area contributed by atoms with Crippen molar-refractivity contribution in [3.8, 4) is 11.5 Å². The van der Waals surface area contributed by atoms with Crippen molar-refractivity contribution in [3.05, 3.63) is 44.6 Å². The largest absolute Gasteiger partial charge is 0.454 e. The highest BCUT2D eigenvalue weighted by atomic mass is 79.9. The standard InChI is InChI=1S/C14H14BrNO2S/c1-9(14-3-2-4-19-14)16-7-10-5-12-13(6-11(10)15)18-8-17-12/h2-6,9,16H,7-8H2,1H3. The molecule has 1 aliphatic rings. The summed E-state index contributed by atoms with van der Waals surface area (Å²) in [5.74, 6) is 1.63. The van der Waals surface area contributed by atoms with Gasteiger partial charge in [0.05, 0.1) is 0 Å². The van der Waals surface area contributed by atoms with E-state index in [9.17, 15) is 0 Å². The number of rotatable bonds is 4. The zero-order valence-electron chi connectivity index (χ0n) is 10.5. The molecule has 0 saturated carbocycles. The van der Waals surface area contributed by atoms with Gasteiger partial charge in [0.2, 0.25) is 6.79 Å². The van der Waals surface area contributed by atoms with E-state index in [0.29, 0.717) is 12.8 Å². The predicted octanol–water partition coefficient (Wildman–Crippen LogP) is 4.09. The molecule has 5 heteroatoms. The Balaban J connectivity index is 1.70. The molecule has 1 aromatic carbocycles. The Morgan fingerprint density at radius 1 is 1.37 bits per heavy atom. The van der Waals surface area contributed by atoms with Gasteiger partial charge in [-0.05, 0) is 36.1 Å². The second kappa shape index (κ2) is 5.53. The Morgan fingerprint density at radius 3 is 2.89 bits per heavy atom. The van der Waals surface area contributed by atoms with Crippen molar-refractivity contribution in [1.82, 2.24) is 5.32 Å². The molecule has 3 rings (SSSR count). The van der Waals surface area contributed by atoms with E-state index in [1.807, 2.05) is 12.1 Å². The van der Waals surface area contributed by atoms with Crippen molar-refractivity contribution in [3.63, 3.8) is 0 Å². The zero-order chi connectivity index (χ0) is 13.2. The fraction of sp³-hybridized carbons (Fsp3) is 0.286. The van der Waals surface area contributed by atoms with E-state index in [2.05, 4.69) is 45.7 Å². The lowest BCUT2D eigenvalue weighted by atomic mass is 10.2. The lowest BCUT2D eigenvalue weighted by Gasteiger charge is -2.13. The van der Waals surface area contributed by atoms with Crippen LogP contribution in [0.25, 0.3) is 0 Å². The highest BCUT2D eigenvalue weighted by Gasteiger charge is 2.16. The third-order valence-corrected chi connectivity index (χ3v) is 4.90. The fourth-order valence-electron chi connectivity index (χ4n) is 2.00. The second-order valence-corrected chi connectivity index (χ2v) is 6.25. The molecule has 0 saturated heterocycles. The van der Waals surface area contributed by atoms with Gasteiger partial charge in [0, 0.05) is 21.9 Å². The molecule has 2 aromatic rings. The van der Waals surface area contributed by atoms with Crippen LogP contribution in [0, 0.1) is 0 Å². The highest BCUT2D eigenvalue weighted by Crippen LogP contribution is 2.37. The second-order valence-electron chi connectivity index (χ2n) is 4.41. The minimum atomic E-state index is 0.310. The molecule has 3 nitrogen and oxygen atoms in total. The number of halogens is 1. The monoisotopic (exact) mass is 339 g/mol. The predicted molar refractivity (Wildman–Crippen MR) is 79.8 cm³/mol. The summed E-state index contributed by atoms with van der Waals surface area (Å²) >= 11 is 5.35. The number of ether oxygens (including phenoxy) is 2. The van der Waals surface area contributed by atoms with E-state index < -0.39 is 0 Å². The summed E-state index contributed by atoms with van der Waals surface area (Å²) in [6.45, 7) is 3.27. The molecule has 0 aliphatic carbocycles. The van der Waals surface area contributed by atoms with Crippen molar-refractivity contribution in [2.75, 3.05) is 6.79 Å². The van der Waals surface area contributed by atoms with Crippen LogP contribution in [-0.4, -0.2) is 6.79 Å². The average Bonchev–Trinajstić information content (AvgIpc) is 3.06. The van der Waals surface area contributed by atoms with Gasteiger partial charge in [-0.3, -0.25) is 0 Å². The third-order valence-electron chi connectivity index (χ3n) is 3.11. The SMILES string of the molecule is CC(NCc1cc2c(cc1Br)OCO2)c1cccs1. The van der Waals surface area contributed by atoms with Gasteiger partial charge < -0.3 is 14.8 Å². The van der Waals surface area contributed by atoms with Crippen LogP contribution in [0.5, 0.6) is 11.5 Å². The first-order valence-corrected chi connectivity index (χ1v) is 7.76. The number of hydrogen-bond acceptors (Lipinski definition) is 4. The van der Waals surface area contributed by atoms with Crippen LogP contribution in [0.15, 0.2) is 34.1 Å². The summed E-state index contributed by atoms with van der Waals surface area (Å²) in [4.78, 5) is 1.34. The van der Waals surface area contributed by atoms with Crippen molar-refractivity contribution < 1.29 is 9.47 Å². The third kappa shape index (κ3) is 2.78. The minimum Gasteiger partial charge on any atom is -0.454 e. The van der Waals surface area contributed by atoms with E-state index in [1.165, 1.54) is 10.4 Å². The molecular formula is C14H14BrNO2S. The maximum atomic E-state index is 5.40. The van der Waals surface area contributed by atoms with E-state index >= 15 is 0 Å². The molecular weight excluding hydrogens is 326 g/mol. The molecule has 1 aliphatic heterocycles. The molecule has 1 unspecified atom stereocenters. The molecule has 1 atom stereocenters. The fourth-order valence-corrected chi connectivity index (χ4v) is 3.22. The minimum absolute atomic E-state index is 0.310. The Hall–Kier alpha value is -1.04. The van der Waals surface area contributed by atoms with Crippen LogP contribution in [0.3, 0.4) is 0 Å². The van der Waals surface area contributed by atoms with Gasteiger partial charge in [-0.2, -0.15) is 0 Å². The Kier molecular flexibility index (Phi) is 3.77. The molecule has 0 bridgehead atoms. The van der Waals surface area contributed by atoms with Crippen LogP contribution in [0.1, 0.15) is 23.4 Å². The molecule has 0 fully saturated rings. The van der Waals surface area contributed by atoms with Crippen LogP contribution >= 0.6 is 27.3 Å². The van der Waals surface area contributed by atoms with E-state index in [0.717, 1.165) is 22.5 Å². The van der Waals surface area contributed by atoms with Crippen LogP contribution in [0.2, 0.25) is 0 Å². The van der Waals surface area contributed by atoms with Gasteiger partial charge in [0.15, 0.2) is 11.5 Å². The smallest absolute Gasteiger partial charge is 0.231 e. The van der Waals surface area contributed by atoms with Crippen molar-refractivity contribution in [2.45, 2.75) is 19.5 Å². The van der Waals surface area contributed by atoms with Gasteiger partial charge >= 0.3 is 0 Å². The van der Waals surface area contributed by atoms with Gasteiger partial charge in [-0.25, -0.2) is 0 Å². The van der Waals surface area contributed by atoms with E-state index in [4.69, 9.17) is 9.47 Å². The maximum absolute atomic E-state index is 5.40. The average molecular weight is 340 g/mol. The quantitative estimate of drug-likeness (QED) is 0.909. The molecule has 100 valence electrons. The Labute approximate surface area is 124 Å². The van der Waals surface area contributed by atoms with Crippen molar-refractivity contribution in [1.29, 1.82) is 0 Å². The lowest BCUT2D eigenvalue weighted by molar-refractivity contribution is 0.174. The number of hydrogen-bond donors (Lipinski definition) is 1. The van der Waals surface area contributed by atoms with Crippen LogP contribution in [-0.2, 0) is 6.54 Å². The number of thiophene rings is 1. The van der Waals surface area contributed by atoms with Gasteiger partial charge in [-0.15, -0.1) is 11.3 Å². The first-order valence-electron chi connectivity index (χ1n) is 6.09. The normalized spacial score (nSPS) is 14.6. The lowest BCUT2D eigenvalue weighted by Crippen LogP contribution is -2.17. The summed E-state index contributed by atoms with van der Waals surface area (Å²) in [5, 5.41) is 5.62. The highest BCUT2D eigenvalue weighted by molar-refractivity contribution is 9.10.